The van der Waals surface area contributed by atoms with E-state index in [1.807, 2.05) is 26.0 Å². The SMILES string of the molecule is COc1ccc(CCC(N)c2cc(C)nc(C)c2)cc1. The number of ether oxygens (including phenoxy) is 1. The monoisotopic (exact) mass is 270 g/mol. The lowest BCUT2D eigenvalue weighted by Gasteiger charge is -2.13. The van der Waals surface area contributed by atoms with Crippen LogP contribution in [0.1, 0.15) is 35.0 Å². The summed E-state index contributed by atoms with van der Waals surface area (Å²) in [6, 6.07) is 12.4. The van der Waals surface area contributed by atoms with E-state index in [0.717, 1.165) is 30.0 Å². The van der Waals surface area contributed by atoms with E-state index in [1.165, 1.54) is 11.1 Å². The second-order valence-electron chi connectivity index (χ2n) is 5.18. The first-order valence-electron chi connectivity index (χ1n) is 6.92. The molecule has 2 rings (SSSR count). The van der Waals surface area contributed by atoms with Crippen molar-refractivity contribution in [2.45, 2.75) is 32.7 Å². The third-order valence-electron chi connectivity index (χ3n) is 3.44. The topological polar surface area (TPSA) is 48.1 Å². The normalized spacial score (nSPS) is 12.2. The summed E-state index contributed by atoms with van der Waals surface area (Å²) in [7, 11) is 1.68. The van der Waals surface area contributed by atoms with Crippen LogP contribution in [0.15, 0.2) is 36.4 Å². The van der Waals surface area contributed by atoms with Crippen LogP contribution in [-0.4, -0.2) is 12.1 Å². The van der Waals surface area contributed by atoms with Gasteiger partial charge in [0, 0.05) is 17.4 Å². The molecule has 0 radical (unpaired) electrons. The summed E-state index contributed by atoms with van der Waals surface area (Å²) in [5.41, 5.74) is 10.8. The Hall–Kier alpha value is -1.87. The van der Waals surface area contributed by atoms with Crippen LogP contribution < -0.4 is 10.5 Å². The Bertz CT molecular complexity index is 543. The van der Waals surface area contributed by atoms with Crippen molar-refractivity contribution in [1.29, 1.82) is 0 Å². The van der Waals surface area contributed by atoms with Crippen LogP contribution in [-0.2, 0) is 6.42 Å². The summed E-state index contributed by atoms with van der Waals surface area (Å²) >= 11 is 0. The zero-order chi connectivity index (χ0) is 14.5. The first-order chi connectivity index (χ1) is 9.58. The highest BCUT2D eigenvalue weighted by atomic mass is 16.5. The zero-order valence-corrected chi connectivity index (χ0v) is 12.4. The first-order valence-corrected chi connectivity index (χ1v) is 6.92. The maximum atomic E-state index is 6.28. The predicted octanol–water partition coefficient (Wildman–Crippen LogP) is 3.34. The molecule has 0 fully saturated rings. The van der Waals surface area contributed by atoms with Gasteiger partial charge in [0.2, 0.25) is 0 Å². The van der Waals surface area contributed by atoms with Gasteiger partial charge in [-0.25, -0.2) is 0 Å². The molecule has 3 nitrogen and oxygen atoms in total. The fourth-order valence-electron chi connectivity index (χ4n) is 2.36. The quantitative estimate of drug-likeness (QED) is 0.906. The van der Waals surface area contributed by atoms with Crippen LogP contribution in [0, 0.1) is 13.8 Å². The van der Waals surface area contributed by atoms with E-state index < -0.39 is 0 Å². The Morgan fingerprint density at radius 3 is 2.25 bits per heavy atom. The van der Waals surface area contributed by atoms with Gasteiger partial charge < -0.3 is 10.5 Å². The average Bonchev–Trinajstić information content (AvgIpc) is 2.44. The van der Waals surface area contributed by atoms with Crippen LogP contribution in [0.4, 0.5) is 0 Å². The van der Waals surface area contributed by atoms with E-state index in [0.29, 0.717) is 0 Å². The Morgan fingerprint density at radius 2 is 1.70 bits per heavy atom. The number of nitrogens with two attached hydrogens (primary N) is 1. The fourth-order valence-corrected chi connectivity index (χ4v) is 2.36. The molecule has 106 valence electrons. The number of methoxy groups -OCH3 is 1. The van der Waals surface area contributed by atoms with Crippen LogP contribution in [0.5, 0.6) is 5.75 Å². The highest BCUT2D eigenvalue weighted by Crippen LogP contribution is 2.19. The number of rotatable bonds is 5. The van der Waals surface area contributed by atoms with E-state index >= 15 is 0 Å². The third kappa shape index (κ3) is 3.81. The minimum Gasteiger partial charge on any atom is -0.497 e. The Labute approximate surface area is 120 Å². The van der Waals surface area contributed by atoms with E-state index in [-0.39, 0.29) is 6.04 Å². The molecule has 20 heavy (non-hydrogen) atoms. The molecule has 3 heteroatoms. The molecule has 1 atom stereocenters. The molecule has 2 N–H and O–H groups in total. The maximum absolute atomic E-state index is 6.28. The van der Waals surface area contributed by atoms with Gasteiger partial charge in [0.1, 0.15) is 5.75 Å². The molecule has 0 amide bonds. The lowest BCUT2D eigenvalue weighted by Crippen LogP contribution is -2.12. The van der Waals surface area contributed by atoms with E-state index in [9.17, 15) is 0 Å². The lowest BCUT2D eigenvalue weighted by atomic mass is 9.99. The van der Waals surface area contributed by atoms with Gasteiger partial charge in [0.25, 0.3) is 0 Å². The van der Waals surface area contributed by atoms with Gasteiger partial charge in [-0.05, 0) is 62.1 Å². The van der Waals surface area contributed by atoms with Gasteiger partial charge in [-0.2, -0.15) is 0 Å². The smallest absolute Gasteiger partial charge is 0.118 e. The molecular formula is C17H22N2O. The maximum Gasteiger partial charge on any atom is 0.118 e. The number of hydrogen-bond acceptors (Lipinski definition) is 3. The molecule has 2 aromatic rings. The summed E-state index contributed by atoms with van der Waals surface area (Å²) in [6.45, 7) is 4.01. The zero-order valence-electron chi connectivity index (χ0n) is 12.4. The number of nitrogens with zero attached hydrogens (tertiary/aromatic N) is 1. The van der Waals surface area contributed by atoms with Gasteiger partial charge in [-0.1, -0.05) is 12.1 Å². The predicted molar refractivity (Wildman–Crippen MR) is 82.0 cm³/mol. The van der Waals surface area contributed by atoms with Crippen molar-refractivity contribution in [3.63, 3.8) is 0 Å². The van der Waals surface area contributed by atoms with Crippen molar-refractivity contribution in [1.82, 2.24) is 4.98 Å². The Balaban J connectivity index is 1.98. The van der Waals surface area contributed by atoms with Crippen molar-refractivity contribution in [3.8, 4) is 5.75 Å². The van der Waals surface area contributed by atoms with Crippen molar-refractivity contribution in [3.05, 3.63) is 58.9 Å². The molecule has 0 aliphatic heterocycles. The fraction of sp³-hybridized carbons (Fsp3) is 0.353. The second-order valence-corrected chi connectivity index (χ2v) is 5.18. The molecule has 0 spiro atoms. The molecule has 0 saturated heterocycles. The molecular weight excluding hydrogens is 248 g/mol. The van der Waals surface area contributed by atoms with Gasteiger partial charge in [0.15, 0.2) is 0 Å². The third-order valence-corrected chi connectivity index (χ3v) is 3.44. The summed E-state index contributed by atoms with van der Waals surface area (Å²) in [5.74, 6) is 0.887. The van der Waals surface area contributed by atoms with Crippen LogP contribution in [0.3, 0.4) is 0 Å². The number of aromatic nitrogens is 1. The van der Waals surface area contributed by atoms with Crippen molar-refractivity contribution in [2.75, 3.05) is 7.11 Å². The highest BCUT2D eigenvalue weighted by molar-refractivity contribution is 5.28. The Morgan fingerprint density at radius 1 is 1.10 bits per heavy atom. The molecule has 1 unspecified atom stereocenters. The molecule has 0 saturated carbocycles. The van der Waals surface area contributed by atoms with Crippen molar-refractivity contribution in [2.24, 2.45) is 5.73 Å². The van der Waals surface area contributed by atoms with Gasteiger partial charge in [-0.15, -0.1) is 0 Å². The van der Waals surface area contributed by atoms with Gasteiger partial charge in [-0.3, -0.25) is 4.98 Å². The van der Waals surface area contributed by atoms with Crippen LogP contribution >= 0.6 is 0 Å². The molecule has 1 aromatic heterocycles. The van der Waals surface area contributed by atoms with Crippen LogP contribution in [0.2, 0.25) is 0 Å². The molecule has 1 heterocycles. The Kier molecular flexibility index (Phi) is 4.74. The average molecular weight is 270 g/mol. The summed E-state index contributed by atoms with van der Waals surface area (Å²) in [4.78, 5) is 4.38. The van der Waals surface area contributed by atoms with E-state index in [2.05, 4.69) is 29.2 Å². The van der Waals surface area contributed by atoms with E-state index in [4.69, 9.17) is 10.5 Å². The molecule has 0 bridgehead atoms. The molecule has 0 aliphatic rings. The minimum absolute atomic E-state index is 0.0532. The lowest BCUT2D eigenvalue weighted by molar-refractivity contribution is 0.414. The molecule has 0 aliphatic carbocycles. The standard InChI is InChI=1S/C17H22N2O/c1-12-10-15(11-13(2)19-12)17(18)9-6-14-4-7-16(20-3)8-5-14/h4-5,7-8,10-11,17H,6,9,18H2,1-3H3. The van der Waals surface area contributed by atoms with Gasteiger partial charge in [0.05, 0.1) is 7.11 Å². The first kappa shape index (κ1) is 14.5. The summed E-state index contributed by atoms with van der Waals surface area (Å²) in [5, 5.41) is 0. The van der Waals surface area contributed by atoms with Crippen molar-refractivity contribution < 1.29 is 4.74 Å². The summed E-state index contributed by atoms with van der Waals surface area (Å²) in [6.07, 6.45) is 1.89. The largest absolute Gasteiger partial charge is 0.497 e. The van der Waals surface area contributed by atoms with E-state index in [1.54, 1.807) is 7.11 Å². The summed E-state index contributed by atoms with van der Waals surface area (Å²) < 4.78 is 5.16. The highest BCUT2D eigenvalue weighted by Gasteiger charge is 2.08. The number of aryl methyl sites for hydroxylation is 3. The molecule has 1 aromatic carbocycles. The number of hydrogen-bond donors (Lipinski definition) is 1. The number of benzene rings is 1. The van der Waals surface area contributed by atoms with Crippen LogP contribution in [0.25, 0.3) is 0 Å². The van der Waals surface area contributed by atoms with Gasteiger partial charge >= 0.3 is 0 Å². The number of pyridine rings is 1. The second kappa shape index (κ2) is 6.53. The minimum atomic E-state index is 0.0532. The van der Waals surface area contributed by atoms with Crippen molar-refractivity contribution >= 4 is 0 Å².